The molecule has 0 radical (unpaired) electrons. The van der Waals surface area contributed by atoms with Crippen LogP contribution in [-0.2, 0) is 26.0 Å². The maximum atomic E-state index is 12.4. The Balaban J connectivity index is 1.79. The van der Waals surface area contributed by atoms with Crippen LogP contribution in [-0.4, -0.2) is 39.6 Å². The van der Waals surface area contributed by atoms with E-state index in [4.69, 9.17) is 4.74 Å². The van der Waals surface area contributed by atoms with Gasteiger partial charge in [0.1, 0.15) is 0 Å². The zero-order chi connectivity index (χ0) is 16.6. The fourth-order valence-electron chi connectivity index (χ4n) is 3.35. The smallest absolute Gasteiger partial charge is 0.240 e. The number of nitrogens with zero attached hydrogens (tertiary/aromatic N) is 1. The highest BCUT2D eigenvalue weighted by molar-refractivity contribution is 7.89. The number of fused-ring (bicyclic) bond motifs is 1. The molecule has 2 atom stereocenters. The third kappa shape index (κ3) is 3.27. The number of amides is 1. The van der Waals surface area contributed by atoms with Crippen LogP contribution in [0.4, 0.5) is 5.69 Å². The standard InChI is InChI=1S/C16H22N2O4S/c1-11-8-13-9-15(5-6-16(13)18(11)12(2)19)23(20,21)17-10-14-4-3-7-22-14/h5-6,9,11,14,17H,3-4,7-8,10H2,1-2H3/t11-,14-/m1/s1. The quantitative estimate of drug-likeness (QED) is 0.901. The van der Waals surface area contributed by atoms with Gasteiger partial charge in [-0.05, 0) is 49.9 Å². The molecule has 6 nitrogen and oxygen atoms in total. The number of carbonyl (C=O) groups excluding carboxylic acids is 1. The molecule has 1 fully saturated rings. The summed E-state index contributed by atoms with van der Waals surface area (Å²) in [6, 6.07) is 5.01. The average molecular weight is 338 g/mol. The summed E-state index contributed by atoms with van der Waals surface area (Å²) in [6.07, 6.45) is 2.50. The minimum atomic E-state index is -3.56. The van der Waals surface area contributed by atoms with Crippen LogP contribution in [0.5, 0.6) is 0 Å². The highest BCUT2D eigenvalue weighted by Gasteiger charge is 2.30. The summed E-state index contributed by atoms with van der Waals surface area (Å²) < 4.78 is 32.9. The van der Waals surface area contributed by atoms with Crippen molar-refractivity contribution in [1.29, 1.82) is 0 Å². The largest absolute Gasteiger partial charge is 0.377 e. The molecular weight excluding hydrogens is 316 g/mol. The lowest BCUT2D eigenvalue weighted by atomic mass is 10.1. The molecule has 3 rings (SSSR count). The number of anilines is 1. The van der Waals surface area contributed by atoms with Gasteiger partial charge in [-0.3, -0.25) is 4.79 Å². The Bertz CT molecular complexity index is 711. The first-order valence-corrected chi connectivity index (χ1v) is 9.41. The van der Waals surface area contributed by atoms with Gasteiger partial charge in [0.15, 0.2) is 0 Å². The van der Waals surface area contributed by atoms with Crippen LogP contribution in [0.2, 0.25) is 0 Å². The molecule has 1 saturated heterocycles. The van der Waals surface area contributed by atoms with Crippen LogP contribution >= 0.6 is 0 Å². The summed E-state index contributed by atoms with van der Waals surface area (Å²) in [4.78, 5) is 13.7. The summed E-state index contributed by atoms with van der Waals surface area (Å²) in [5, 5.41) is 0. The minimum absolute atomic E-state index is 0.0247. The highest BCUT2D eigenvalue weighted by Crippen LogP contribution is 2.33. The molecule has 1 aromatic carbocycles. The van der Waals surface area contributed by atoms with E-state index >= 15 is 0 Å². The normalized spacial score (nSPS) is 24.0. The van der Waals surface area contributed by atoms with E-state index in [1.54, 1.807) is 23.1 Å². The topological polar surface area (TPSA) is 75.7 Å². The lowest BCUT2D eigenvalue weighted by Gasteiger charge is -2.20. The van der Waals surface area contributed by atoms with Crippen molar-refractivity contribution in [3.05, 3.63) is 23.8 Å². The summed E-state index contributed by atoms with van der Waals surface area (Å²) in [5.41, 5.74) is 1.70. The molecule has 2 aliphatic heterocycles. The SMILES string of the molecule is CC(=O)N1c2ccc(S(=O)(=O)NC[C@H]3CCCO3)cc2C[C@H]1C. The van der Waals surface area contributed by atoms with Crippen LogP contribution < -0.4 is 9.62 Å². The Morgan fingerprint density at radius 2 is 2.22 bits per heavy atom. The number of hydrogen-bond acceptors (Lipinski definition) is 4. The second-order valence-corrected chi connectivity index (χ2v) is 7.99. The van der Waals surface area contributed by atoms with E-state index in [9.17, 15) is 13.2 Å². The summed E-state index contributed by atoms with van der Waals surface area (Å²) >= 11 is 0. The number of sulfonamides is 1. The van der Waals surface area contributed by atoms with Crippen molar-refractivity contribution in [3.8, 4) is 0 Å². The van der Waals surface area contributed by atoms with Gasteiger partial charge in [-0.2, -0.15) is 0 Å². The maximum Gasteiger partial charge on any atom is 0.240 e. The maximum absolute atomic E-state index is 12.4. The van der Waals surface area contributed by atoms with E-state index < -0.39 is 10.0 Å². The molecule has 0 saturated carbocycles. The van der Waals surface area contributed by atoms with Crippen molar-refractivity contribution in [1.82, 2.24) is 4.72 Å². The Kier molecular flexibility index (Phi) is 4.44. The van der Waals surface area contributed by atoms with Gasteiger partial charge in [-0.15, -0.1) is 0 Å². The molecule has 0 bridgehead atoms. The molecular formula is C16H22N2O4S. The number of hydrogen-bond donors (Lipinski definition) is 1. The van der Waals surface area contributed by atoms with Crippen LogP contribution in [0.25, 0.3) is 0 Å². The van der Waals surface area contributed by atoms with Crippen LogP contribution in [0.1, 0.15) is 32.3 Å². The minimum Gasteiger partial charge on any atom is -0.377 e. The fraction of sp³-hybridized carbons (Fsp3) is 0.562. The third-order valence-corrected chi connectivity index (χ3v) is 5.86. The molecule has 1 N–H and O–H groups in total. The van der Waals surface area contributed by atoms with Crippen LogP contribution in [0.15, 0.2) is 23.1 Å². The first-order valence-electron chi connectivity index (χ1n) is 7.92. The van der Waals surface area contributed by atoms with E-state index in [1.165, 1.54) is 6.92 Å². The van der Waals surface area contributed by atoms with E-state index in [0.29, 0.717) is 19.6 Å². The first kappa shape index (κ1) is 16.4. The van der Waals surface area contributed by atoms with E-state index in [-0.39, 0.29) is 22.9 Å². The first-order chi connectivity index (χ1) is 10.9. The van der Waals surface area contributed by atoms with Gasteiger partial charge >= 0.3 is 0 Å². The van der Waals surface area contributed by atoms with Crippen molar-refractivity contribution >= 4 is 21.6 Å². The Labute approximate surface area is 136 Å². The number of benzene rings is 1. The molecule has 23 heavy (non-hydrogen) atoms. The van der Waals surface area contributed by atoms with E-state index in [2.05, 4.69) is 4.72 Å². The molecule has 2 heterocycles. The van der Waals surface area contributed by atoms with Crippen LogP contribution in [0, 0.1) is 0 Å². The van der Waals surface area contributed by atoms with Gasteiger partial charge in [-0.1, -0.05) is 0 Å². The average Bonchev–Trinajstić information content (AvgIpc) is 3.10. The van der Waals surface area contributed by atoms with Crippen molar-refractivity contribution in [2.45, 2.75) is 50.2 Å². The van der Waals surface area contributed by atoms with Crippen LogP contribution in [0.3, 0.4) is 0 Å². The Hall–Kier alpha value is -1.44. The second kappa shape index (κ2) is 6.22. The van der Waals surface area contributed by atoms with E-state index in [1.807, 2.05) is 6.92 Å². The van der Waals surface area contributed by atoms with Crippen molar-refractivity contribution < 1.29 is 17.9 Å². The molecule has 7 heteroatoms. The van der Waals surface area contributed by atoms with Crippen molar-refractivity contribution in [2.75, 3.05) is 18.1 Å². The van der Waals surface area contributed by atoms with Gasteiger partial charge in [0.25, 0.3) is 0 Å². The fourth-order valence-corrected chi connectivity index (χ4v) is 4.46. The highest BCUT2D eigenvalue weighted by atomic mass is 32.2. The van der Waals surface area contributed by atoms with Crippen molar-refractivity contribution in [3.63, 3.8) is 0 Å². The van der Waals surface area contributed by atoms with E-state index in [0.717, 1.165) is 24.1 Å². The lowest BCUT2D eigenvalue weighted by molar-refractivity contribution is -0.116. The number of rotatable bonds is 4. The zero-order valence-electron chi connectivity index (χ0n) is 13.4. The summed E-state index contributed by atoms with van der Waals surface area (Å²) in [7, 11) is -3.56. The molecule has 0 aromatic heterocycles. The second-order valence-electron chi connectivity index (χ2n) is 6.22. The predicted molar refractivity (Wildman–Crippen MR) is 86.9 cm³/mol. The molecule has 0 aliphatic carbocycles. The molecule has 1 aromatic rings. The van der Waals surface area contributed by atoms with Gasteiger partial charge in [-0.25, -0.2) is 13.1 Å². The molecule has 1 amide bonds. The van der Waals surface area contributed by atoms with Gasteiger partial charge in [0.05, 0.1) is 11.0 Å². The number of carbonyl (C=O) groups is 1. The van der Waals surface area contributed by atoms with Gasteiger partial charge in [0, 0.05) is 31.8 Å². The van der Waals surface area contributed by atoms with Crippen molar-refractivity contribution in [2.24, 2.45) is 0 Å². The Morgan fingerprint density at radius 1 is 1.43 bits per heavy atom. The summed E-state index contributed by atoms with van der Waals surface area (Å²) in [6.45, 7) is 4.49. The van der Waals surface area contributed by atoms with Gasteiger partial charge < -0.3 is 9.64 Å². The lowest BCUT2D eigenvalue weighted by Crippen LogP contribution is -2.33. The van der Waals surface area contributed by atoms with Gasteiger partial charge in [0.2, 0.25) is 15.9 Å². The monoisotopic (exact) mass is 338 g/mol. The number of nitrogens with one attached hydrogen (secondary N) is 1. The summed E-state index contributed by atoms with van der Waals surface area (Å²) in [5.74, 6) is -0.0247. The molecule has 0 spiro atoms. The number of ether oxygens (including phenoxy) is 1. The molecule has 126 valence electrons. The predicted octanol–water partition coefficient (Wildman–Crippen LogP) is 1.44. The molecule has 2 aliphatic rings. The molecule has 0 unspecified atom stereocenters. The Morgan fingerprint density at radius 3 is 2.87 bits per heavy atom. The third-order valence-electron chi connectivity index (χ3n) is 4.44. The zero-order valence-corrected chi connectivity index (χ0v) is 14.2.